The van der Waals surface area contributed by atoms with Crippen LogP contribution in [-0.2, 0) is 6.42 Å². The minimum Gasteiger partial charge on any atom is -0.508 e. The highest BCUT2D eigenvalue weighted by atomic mass is 16.3. The van der Waals surface area contributed by atoms with Gasteiger partial charge in [0.1, 0.15) is 5.75 Å². The van der Waals surface area contributed by atoms with Gasteiger partial charge in [0.15, 0.2) is 0 Å². The minimum atomic E-state index is -0.775. The average Bonchev–Trinajstić information content (AvgIpc) is 2.93. The molecule has 1 aliphatic heterocycles. The highest BCUT2D eigenvalue weighted by molar-refractivity contribution is 5.75. The number of hydrogen-bond donors (Lipinski definition) is 3. The number of hydrogen-bond acceptors (Lipinski definition) is 3. The van der Waals surface area contributed by atoms with Crippen molar-refractivity contribution in [1.82, 2.24) is 10.2 Å². The summed E-state index contributed by atoms with van der Waals surface area (Å²) in [6, 6.07) is 5.14. The van der Waals surface area contributed by atoms with Crippen LogP contribution in [0.25, 0.3) is 0 Å². The van der Waals surface area contributed by atoms with Crippen LogP contribution >= 0.6 is 0 Å². The van der Waals surface area contributed by atoms with Gasteiger partial charge < -0.3 is 20.4 Å². The molecule has 1 aromatic rings. The number of fused-ring (bicyclic) bond motifs is 1. The quantitative estimate of drug-likeness (QED) is 0.728. The van der Waals surface area contributed by atoms with Crippen LogP contribution in [0, 0.1) is 0 Å². The molecule has 2 amide bonds. The molecule has 0 saturated carbocycles. The van der Waals surface area contributed by atoms with Crippen LogP contribution in [0.4, 0.5) is 4.79 Å². The molecule has 1 heterocycles. The molecule has 2 unspecified atom stereocenters. The van der Waals surface area contributed by atoms with Gasteiger partial charge in [-0.15, -0.1) is 0 Å². The Labute approximate surface area is 118 Å². The van der Waals surface area contributed by atoms with E-state index in [1.54, 1.807) is 24.0 Å². The monoisotopic (exact) mass is 276 g/mol. The summed E-state index contributed by atoms with van der Waals surface area (Å²) >= 11 is 0. The van der Waals surface area contributed by atoms with Gasteiger partial charge in [-0.1, -0.05) is 6.07 Å². The molecule has 2 atom stereocenters. The molecule has 0 aromatic heterocycles. The van der Waals surface area contributed by atoms with E-state index in [1.807, 2.05) is 6.07 Å². The summed E-state index contributed by atoms with van der Waals surface area (Å²) in [5.74, 6) is 0.231. The summed E-state index contributed by atoms with van der Waals surface area (Å²) in [4.78, 5) is 13.9. The predicted molar refractivity (Wildman–Crippen MR) is 74.5 cm³/mol. The van der Waals surface area contributed by atoms with E-state index in [0.29, 0.717) is 19.5 Å². The lowest BCUT2D eigenvalue weighted by molar-refractivity contribution is 0.0717. The molecule has 1 aromatic carbocycles. The molecule has 5 heteroatoms. The number of aromatic hydroxyl groups is 1. The molecule has 0 radical (unpaired) electrons. The van der Waals surface area contributed by atoms with Crippen molar-refractivity contribution < 1.29 is 15.0 Å². The Morgan fingerprint density at radius 3 is 3.00 bits per heavy atom. The zero-order valence-corrected chi connectivity index (χ0v) is 11.6. The first kappa shape index (κ1) is 13.2. The van der Waals surface area contributed by atoms with Crippen molar-refractivity contribution in [2.24, 2.45) is 0 Å². The van der Waals surface area contributed by atoms with E-state index in [4.69, 9.17) is 0 Å². The highest BCUT2D eigenvalue weighted by Gasteiger charge is 2.35. The van der Waals surface area contributed by atoms with Crippen molar-refractivity contribution in [3.8, 4) is 5.75 Å². The third-order valence-electron chi connectivity index (χ3n) is 4.24. The number of phenols is 1. The van der Waals surface area contributed by atoms with Gasteiger partial charge in [-0.05, 0) is 49.4 Å². The van der Waals surface area contributed by atoms with Crippen molar-refractivity contribution >= 4 is 6.03 Å². The molecule has 0 spiro atoms. The number of nitrogens with zero attached hydrogens (tertiary/aromatic N) is 1. The Bertz CT molecular complexity index is 542. The first-order chi connectivity index (χ1) is 9.44. The van der Waals surface area contributed by atoms with Crippen LogP contribution in [0.5, 0.6) is 5.75 Å². The molecule has 108 valence electrons. The van der Waals surface area contributed by atoms with Gasteiger partial charge in [-0.3, -0.25) is 0 Å². The molecular weight excluding hydrogens is 256 g/mol. The van der Waals surface area contributed by atoms with Crippen LogP contribution < -0.4 is 5.32 Å². The summed E-state index contributed by atoms with van der Waals surface area (Å²) in [5.41, 5.74) is 1.41. The Morgan fingerprint density at radius 2 is 2.30 bits per heavy atom. The fraction of sp³-hybridized carbons (Fsp3) is 0.533. The standard InChI is InChI=1S/C15H20N2O3/c1-15(20)6-7-17(9-15)14(19)16-13-5-3-10-2-4-11(18)8-12(10)13/h2,4,8,13,18,20H,3,5-7,9H2,1H3,(H,16,19). The van der Waals surface area contributed by atoms with Gasteiger partial charge >= 0.3 is 6.03 Å². The van der Waals surface area contributed by atoms with Crippen LogP contribution in [0.2, 0.25) is 0 Å². The molecule has 20 heavy (non-hydrogen) atoms. The molecule has 5 nitrogen and oxygen atoms in total. The van der Waals surface area contributed by atoms with E-state index >= 15 is 0 Å². The summed E-state index contributed by atoms with van der Waals surface area (Å²) in [5, 5.41) is 22.5. The minimum absolute atomic E-state index is 0.0462. The van der Waals surface area contributed by atoms with Crippen LogP contribution in [0.3, 0.4) is 0 Å². The fourth-order valence-corrected chi connectivity index (χ4v) is 3.10. The van der Waals surface area contributed by atoms with Crippen molar-refractivity contribution in [3.63, 3.8) is 0 Å². The largest absolute Gasteiger partial charge is 0.508 e. The molecule has 1 saturated heterocycles. The van der Waals surface area contributed by atoms with Crippen LogP contribution in [0.1, 0.15) is 36.9 Å². The fourth-order valence-electron chi connectivity index (χ4n) is 3.10. The van der Waals surface area contributed by atoms with Gasteiger partial charge in [-0.25, -0.2) is 4.79 Å². The molecule has 2 aliphatic rings. The van der Waals surface area contributed by atoms with E-state index < -0.39 is 5.60 Å². The van der Waals surface area contributed by atoms with E-state index in [0.717, 1.165) is 18.4 Å². The maximum absolute atomic E-state index is 12.2. The Balaban J connectivity index is 1.68. The number of urea groups is 1. The number of aryl methyl sites for hydroxylation is 1. The van der Waals surface area contributed by atoms with Crippen molar-refractivity contribution in [2.45, 2.75) is 37.8 Å². The van der Waals surface area contributed by atoms with Crippen LogP contribution in [0.15, 0.2) is 18.2 Å². The maximum Gasteiger partial charge on any atom is 0.317 e. The highest BCUT2D eigenvalue weighted by Crippen LogP contribution is 2.33. The normalized spacial score (nSPS) is 28.5. The van der Waals surface area contributed by atoms with E-state index in [-0.39, 0.29) is 17.8 Å². The smallest absolute Gasteiger partial charge is 0.317 e. The summed E-state index contributed by atoms with van der Waals surface area (Å²) in [7, 11) is 0. The topological polar surface area (TPSA) is 72.8 Å². The second-order valence-corrected chi connectivity index (χ2v) is 6.09. The number of β-amino-alcohol motifs (C(OH)–C–C–N with tert-alkyl or cyclic N) is 1. The third kappa shape index (κ3) is 2.45. The zero-order chi connectivity index (χ0) is 14.3. The Kier molecular flexibility index (Phi) is 3.09. The molecule has 0 bridgehead atoms. The number of amides is 2. The number of phenolic OH excluding ortho intramolecular Hbond substituents is 1. The molecule has 1 fully saturated rings. The number of rotatable bonds is 1. The number of carbonyl (C=O) groups is 1. The lowest BCUT2D eigenvalue weighted by Crippen LogP contribution is -2.41. The summed E-state index contributed by atoms with van der Waals surface area (Å²) in [6.07, 6.45) is 2.38. The molecule has 3 N–H and O–H groups in total. The van der Waals surface area contributed by atoms with Gasteiger partial charge in [0.05, 0.1) is 18.2 Å². The molecule has 3 rings (SSSR count). The third-order valence-corrected chi connectivity index (χ3v) is 4.24. The second-order valence-electron chi connectivity index (χ2n) is 6.09. The van der Waals surface area contributed by atoms with Crippen molar-refractivity contribution in [2.75, 3.05) is 13.1 Å². The Morgan fingerprint density at radius 1 is 1.50 bits per heavy atom. The SMILES string of the molecule is CC1(O)CCN(C(=O)NC2CCc3ccc(O)cc32)C1. The maximum atomic E-state index is 12.2. The van der Waals surface area contributed by atoms with E-state index in [9.17, 15) is 15.0 Å². The molecule has 1 aliphatic carbocycles. The first-order valence-electron chi connectivity index (χ1n) is 7.04. The number of nitrogens with one attached hydrogen (secondary N) is 1. The number of benzene rings is 1. The van der Waals surface area contributed by atoms with E-state index in [1.165, 1.54) is 5.56 Å². The number of carbonyl (C=O) groups excluding carboxylic acids is 1. The Hall–Kier alpha value is -1.75. The van der Waals surface area contributed by atoms with Crippen LogP contribution in [-0.4, -0.2) is 39.8 Å². The number of likely N-dealkylation sites (tertiary alicyclic amines) is 1. The predicted octanol–water partition coefficient (Wildman–Crippen LogP) is 1.55. The van der Waals surface area contributed by atoms with Crippen molar-refractivity contribution in [3.05, 3.63) is 29.3 Å². The van der Waals surface area contributed by atoms with Gasteiger partial charge in [0, 0.05) is 6.54 Å². The first-order valence-corrected chi connectivity index (χ1v) is 7.04. The lowest BCUT2D eigenvalue weighted by Gasteiger charge is -2.22. The lowest BCUT2D eigenvalue weighted by atomic mass is 10.1. The van der Waals surface area contributed by atoms with Gasteiger partial charge in [-0.2, -0.15) is 0 Å². The van der Waals surface area contributed by atoms with Gasteiger partial charge in [0.25, 0.3) is 0 Å². The zero-order valence-electron chi connectivity index (χ0n) is 11.6. The van der Waals surface area contributed by atoms with Gasteiger partial charge in [0.2, 0.25) is 0 Å². The van der Waals surface area contributed by atoms with Crippen molar-refractivity contribution in [1.29, 1.82) is 0 Å². The number of aliphatic hydroxyl groups is 1. The van der Waals surface area contributed by atoms with E-state index in [2.05, 4.69) is 5.32 Å². The molecular formula is C15H20N2O3. The summed E-state index contributed by atoms with van der Waals surface area (Å²) in [6.45, 7) is 2.71. The second kappa shape index (κ2) is 4.66. The average molecular weight is 276 g/mol. The summed E-state index contributed by atoms with van der Waals surface area (Å²) < 4.78 is 0.